The summed E-state index contributed by atoms with van der Waals surface area (Å²) in [5.41, 5.74) is 6.41. The van der Waals surface area contributed by atoms with Gasteiger partial charge in [-0.2, -0.15) is 5.26 Å². The number of allylic oxidation sites excluding steroid dienone is 3. The summed E-state index contributed by atoms with van der Waals surface area (Å²) in [7, 11) is 0. The number of hydrogen-bond donors (Lipinski definition) is 0. The number of benzene rings is 2. The summed E-state index contributed by atoms with van der Waals surface area (Å²) in [5, 5.41) is 9.60. The molecular formula is C31H34ClN3O. The fourth-order valence-corrected chi connectivity index (χ4v) is 6.15. The van der Waals surface area contributed by atoms with E-state index in [1.807, 2.05) is 23.1 Å². The first kappa shape index (κ1) is 24.8. The van der Waals surface area contributed by atoms with Crippen LogP contribution in [-0.4, -0.2) is 35.3 Å². The normalized spacial score (nSPS) is 20.4. The van der Waals surface area contributed by atoms with Gasteiger partial charge in [-0.3, -0.25) is 9.69 Å². The van der Waals surface area contributed by atoms with E-state index in [2.05, 4.69) is 54.3 Å². The molecule has 0 N–H and O–H groups in total. The Hall–Kier alpha value is -2.87. The molecule has 5 rings (SSSR count). The summed E-state index contributed by atoms with van der Waals surface area (Å²) < 4.78 is 0. The van der Waals surface area contributed by atoms with Crippen molar-refractivity contribution in [1.82, 2.24) is 9.80 Å². The fraction of sp³-hybridized carbons (Fsp3) is 0.419. The quantitative estimate of drug-likeness (QED) is 0.434. The molecule has 1 amide bonds. The third-order valence-corrected chi connectivity index (χ3v) is 8.24. The summed E-state index contributed by atoms with van der Waals surface area (Å²) in [5.74, 6) is 1.10. The SMILES string of the molecule is CCC1=CCC(CN2Cc3cc(CC4CCN(Cc5ccc(C#N)cc5)CC4)cc(Cl)c3C2=O)C=C1. The third-order valence-electron chi connectivity index (χ3n) is 7.94. The molecule has 2 aliphatic heterocycles. The molecule has 0 aromatic heterocycles. The molecule has 3 aliphatic rings. The van der Waals surface area contributed by atoms with Crippen LogP contribution >= 0.6 is 11.6 Å². The standard InChI is InChI=1S/C31H34ClN3O/c1-2-22-3-7-26(8-4-22)20-35-21-28-16-27(17-29(32)30(28)31(35)36)15-23-11-13-34(14-12-23)19-25-9-5-24(18-33)6-10-25/h3-7,9-10,16-17,23,26H,2,8,11-15,19-21H2,1H3. The molecule has 1 atom stereocenters. The molecule has 1 fully saturated rings. The molecule has 36 heavy (non-hydrogen) atoms. The monoisotopic (exact) mass is 499 g/mol. The van der Waals surface area contributed by atoms with Crippen LogP contribution in [0, 0.1) is 23.2 Å². The van der Waals surface area contributed by atoms with Crippen molar-refractivity contribution in [3.63, 3.8) is 0 Å². The smallest absolute Gasteiger partial charge is 0.256 e. The second-order valence-corrected chi connectivity index (χ2v) is 10.9. The Balaban J connectivity index is 1.15. The highest BCUT2D eigenvalue weighted by Gasteiger charge is 2.32. The first-order valence-electron chi connectivity index (χ1n) is 13.2. The minimum Gasteiger partial charge on any atom is -0.334 e. The highest BCUT2D eigenvalue weighted by molar-refractivity contribution is 6.34. The van der Waals surface area contributed by atoms with Crippen molar-refractivity contribution in [1.29, 1.82) is 5.26 Å². The summed E-state index contributed by atoms with van der Waals surface area (Å²) >= 11 is 6.67. The Morgan fingerprint density at radius 2 is 1.89 bits per heavy atom. The average Bonchev–Trinajstić information content (AvgIpc) is 3.21. The molecule has 2 heterocycles. The van der Waals surface area contributed by atoms with E-state index in [1.54, 1.807) is 0 Å². The number of nitrogens with zero attached hydrogens (tertiary/aromatic N) is 3. The highest BCUT2D eigenvalue weighted by Crippen LogP contribution is 2.34. The van der Waals surface area contributed by atoms with E-state index in [-0.39, 0.29) is 5.91 Å². The molecule has 1 aliphatic carbocycles. The van der Waals surface area contributed by atoms with Gasteiger partial charge in [-0.25, -0.2) is 0 Å². The predicted molar refractivity (Wildman–Crippen MR) is 145 cm³/mol. The predicted octanol–water partition coefficient (Wildman–Crippen LogP) is 6.53. The van der Waals surface area contributed by atoms with Crippen molar-refractivity contribution in [2.24, 2.45) is 11.8 Å². The molecule has 1 saturated heterocycles. The molecule has 5 heteroatoms. The third kappa shape index (κ3) is 5.59. The van der Waals surface area contributed by atoms with Gasteiger partial charge in [0.05, 0.1) is 22.2 Å². The Morgan fingerprint density at radius 1 is 1.11 bits per heavy atom. The van der Waals surface area contributed by atoms with Crippen LogP contribution in [0.4, 0.5) is 0 Å². The molecule has 0 spiro atoms. The van der Waals surface area contributed by atoms with Crippen LogP contribution in [0.25, 0.3) is 0 Å². The molecule has 0 bridgehead atoms. The van der Waals surface area contributed by atoms with Crippen LogP contribution < -0.4 is 0 Å². The lowest BCUT2D eigenvalue weighted by Crippen LogP contribution is -2.33. The number of fused-ring (bicyclic) bond motifs is 1. The Kier molecular flexibility index (Phi) is 7.60. The summed E-state index contributed by atoms with van der Waals surface area (Å²) in [6.45, 7) is 6.70. The Morgan fingerprint density at radius 3 is 2.56 bits per heavy atom. The van der Waals surface area contributed by atoms with Crippen molar-refractivity contribution >= 4 is 17.5 Å². The van der Waals surface area contributed by atoms with Crippen molar-refractivity contribution < 1.29 is 4.79 Å². The molecule has 4 nitrogen and oxygen atoms in total. The number of amides is 1. The molecule has 1 unspecified atom stereocenters. The Bertz CT molecular complexity index is 1220. The maximum Gasteiger partial charge on any atom is 0.256 e. The van der Waals surface area contributed by atoms with Gasteiger partial charge in [-0.15, -0.1) is 0 Å². The van der Waals surface area contributed by atoms with E-state index in [4.69, 9.17) is 16.9 Å². The maximum absolute atomic E-state index is 13.1. The van der Waals surface area contributed by atoms with E-state index in [1.165, 1.54) is 16.7 Å². The van der Waals surface area contributed by atoms with Crippen molar-refractivity contribution in [3.8, 4) is 6.07 Å². The van der Waals surface area contributed by atoms with Gasteiger partial charge in [-0.1, -0.05) is 60.5 Å². The number of carbonyl (C=O) groups is 1. The summed E-state index contributed by atoms with van der Waals surface area (Å²) in [4.78, 5) is 17.6. The summed E-state index contributed by atoms with van der Waals surface area (Å²) in [6.07, 6.45) is 12.2. The number of piperidine rings is 1. The van der Waals surface area contributed by atoms with Crippen LogP contribution in [0.3, 0.4) is 0 Å². The van der Waals surface area contributed by atoms with Gasteiger partial charge in [0.15, 0.2) is 0 Å². The molecule has 2 aromatic carbocycles. The second-order valence-electron chi connectivity index (χ2n) is 10.5. The number of carbonyl (C=O) groups excluding carboxylic acids is 1. The molecule has 0 radical (unpaired) electrons. The van der Waals surface area contributed by atoms with Gasteiger partial charge in [0, 0.05) is 19.6 Å². The lowest BCUT2D eigenvalue weighted by molar-refractivity contribution is 0.0762. The van der Waals surface area contributed by atoms with Gasteiger partial charge < -0.3 is 4.90 Å². The Labute approximate surface area is 219 Å². The van der Waals surface area contributed by atoms with Gasteiger partial charge in [0.2, 0.25) is 0 Å². The van der Waals surface area contributed by atoms with E-state index in [9.17, 15) is 4.79 Å². The van der Waals surface area contributed by atoms with Gasteiger partial charge in [0.25, 0.3) is 5.91 Å². The largest absolute Gasteiger partial charge is 0.334 e. The zero-order chi connectivity index (χ0) is 25.1. The van der Waals surface area contributed by atoms with Gasteiger partial charge in [0.1, 0.15) is 0 Å². The van der Waals surface area contributed by atoms with Crippen LogP contribution in [0.1, 0.15) is 65.2 Å². The number of likely N-dealkylation sites (tertiary alicyclic amines) is 1. The van der Waals surface area contributed by atoms with E-state index >= 15 is 0 Å². The number of rotatable bonds is 7. The molecule has 2 aromatic rings. The van der Waals surface area contributed by atoms with Crippen LogP contribution in [0.2, 0.25) is 5.02 Å². The van der Waals surface area contributed by atoms with E-state index in [0.29, 0.717) is 34.5 Å². The zero-order valence-electron chi connectivity index (χ0n) is 21.0. The zero-order valence-corrected chi connectivity index (χ0v) is 21.8. The fourth-order valence-electron chi connectivity index (χ4n) is 5.81. The number of halogens is 1. The van der Waals surface area contributed by atoms with Crippen LogP contribution in [0.15, 0.2) is 60.2 Å². The summed E-state index contributed by atoms with van der Waals surface area (Å²) in [6, 6.07) is 14.4. The van der Waals surface area contributed by atoms with E-state index in [0.717, 1.165) is 63.8 Å². The van der Waals surface area contributed by atoms with Crippen LogP contribution in [0.5, 0.6) is 0 Å². The average molecular weight is 500 g/mol. The lowest BCUT2D eigenvalue weighted by atomic mass is 9.89. The topological polar surface area (TPSA) is 47.3 Å². The van der Waals surface area contributed by atoms with Crippen LogP contribution in [-0.2, 0) is 19.5 Å². The minimum atomic E-state index is 0.0799. The maximum atomic E-state index is 13.1. The highest BCUT2D eigenvalue weighted by atomic mass is 35.5. The second kappa shape index (κ2) is 11.0. The van der Waals surface area contributed by atoms with Crippen molar-refractivity contribution in [2.75, 3.05) is 19.6 Å². The van der Waals surface area contributed by atoms with Crippen molar-refractivity contribution in [3.05, 3.63) is 93.0 Å². The molecular weight excluding hydrogens is 466 g/mol. The van der Waals surface area contributed by atoms with E-state index < -0.39 is 0 Å². The first-order chi connectivity index (χ1) is 17.5. The number of hydrogen-bond acceptors (Lipinski definition) is 3. The van der Waals surface area contributed by atoms with Gasteiger partial charge >= 0.3 is 0 Å². The number of nitriles is 1. The molecule has 0 saturated carbocycles. The van der Waals surface area contributed by atoms with Gasteiger partial charge in [-0.05, 0) is 91.9 Å². The first-order valence-corrected chi connectivity index (χ1v) is 13.6. The minimum absolute atomic E-state index is 0.0799. The lowest BCUT2D eigenvalue weighted by Gasteiger charge is -2.32. The molecule has 186 valence electrons. The van der Waals surface area contributed by atoms with Crippen molar-refractivity contribution in [2.45, 2.75) is 52.1 Å².